The van der Waals surface area contributed by atoms with Gasteiger partial charge in [-0.3, -0.25) is 38.4 Å². The molecule has 2 aromatic rings. The lowest BCUT2D eigenvalue weighted by Crippen LogP contribution is -2.67. The van der Waals surface area contributed by atoms with Crippen molar-refractivity contribution in [3.63, 3.8) is 0 Å². The summed E-state index contributed by atoms with van der Waals surface area (Å²) in [5.74, 6) is -6.96. The second-order valence-corrected chi connectivity index (χ2v) is 16.7. The Morgan fingerprint density at radius 3 is 1.17 bits per heavy atom. The third kappa shape index (κ3) is 16.7. The number of hydrogen-bond donors (Lipinski definition) is 1. The first-order valence-corrected chi connectivity index (χ1v) is 22.7. The van der Waals surface area contributed by atoms with Crippen molar-refractivity contribution in [1.82, 2.24) is 0 Å². The maximum absolute atomic E-state index is 12.9. The van der Waals surface area contributed by atoms with Gasteiger partial charge in [0.15, 0.2) is 55.5 Å². The average molecular weight is 1020 g/mol. The number of ether oxygens (including phenoxy) is 15. The summed E-state index contributed by atoms with van der Waals surface area (Å²) in [5.41, 5.74) is 1.33. The fraction of sp³-hybridized carbons (Fsp3) is 0.583. The Morgan fingerprint density at radius 1 is 0.389 bits per heavy atom. The molecule has 0 amide bonds. The fourth-order valence-corrected chi connectivity index (χ4v) is 8.06. The van der Waals surface area contributed by atoms with E-state index in [2.05, 4.69) is 0 Å². The summed E-state index contributed by atoms with van der Waals surface area (Å²) >= 11 is 0. The van der Waals surface area contributed by atoms with E-state index in [4.69, 9.17) is 71.1 Å². The summed E-state index contributed by atoms with van der Waals surface area (Å²) < 4.78 is 88.6. The molecule has 0 radical (unpaired) electrons. The molecule has 3 aliphatic heterocycles. The summed E-state index contributed by atoms with van der Waals surface area (Å²) in [4.78, 5) is 99.9. The summed E-state index contributed by atoms with van der Waals surface area (Å²) in [6.45, 7) is 6.34. The van der Waals surface area contributed by atoms with E-state index in [1.807, 2.05) is 0 Å². The number of carbonyl (C=O) groups excluding carboxylic acids is 8. The largest absolute Gasteiger partial charge is 0.463 e. The monoisotopic (exact) mass is 1020 g/mol. The van der Waals surface area contributed by atoms with Crippen LogP contribution >= 0.6 is 0 Å². The Balaban J connectivity index is 1.64. The van der Waals surface area contributed by atoms with E-state index in [1.165, 1.54) is 0 Å². The van der Waals surface area contributed by atoms with Crippen molar-refractivity contribution < 1.29 is 115 Å². The maximum Gasteiger partial charge on any atom is 0.303 e. The van der Waals surface area contributed by atoms with Gasteiger partial charge in [-0.2, -0.15) is 0 Å². The topological polar surface area (TPSA) is 295 Å². The predicted molar refractivity (Wildman–Crippen MR) is 236 cm³/mol. The van der Waals surface area contributed by atoms with Crippen molar-refractivity contribution in [3.05, 3.63) is 71.8 Å². The number of hydrogen-bond acceptors (Lipinski definition) is 24. The molecule has 24 heteroatoms. The van der Waals surface area contributed by atoms with Crippen LogP contribution < -0.4 is 0 Å². The van der Waals surface area contributed by atoms with Crippen LogP contribution in [-0.2, 0) is 123 Å². The molecule has 0 unspecified atom stereocenters. The molecule has 15 atom stereocenters. The Kier molecular flexibility index (Phi) is 21.4. The highest BCUT2D eigenvalue weighted by molar-refractivity contribution is 5.70. The zero-order chi connectivity index (χ0) is 52.6. The number of esters is 8. The van der Waals surface area contributed by atoms with Crippen LogP contribution in [0.2, 0.25) is 0 Å². The van der Waals surface area contributed by atoms with Gasteiger partial charge in [-0.15, -0.1) is 0 Å². The number of aliphatic hydroxyl groups is 1. The van der Waals surface area contributed by atoms with Crippen LogP contribution in [0.15, 0.2) is 60.7 Å². The highest BCUT2D eigenvalue weighted by Crippen LogP contribution is 2.37. The summed E-state index contributed by atoms with van der Waals surface area (Å²) in [6, 6.07) is 17.7. The molecule has 2 aromatic carbocycles. The molecule has 0 spiro atoms. The normalized spacial score (nSPS) is 30.1. The van der Waals surface area contributed by atoms with Gasteiger partial charge in [0, 0.05) is 55.4 Å². The minimum atomic E-state index is -1.85. The van der Waals surface area contributed by atoms with Crippen molar-refractivity contribution >= 4 is 47.8 Å². The fourth-order valence-electron chi connectivity index (χ4n) is 8.06. The maximum atomic E-state index is 12.9. The van der Waals surface area contributed by atoms with Crippen LogP contribution in [0.1, 0.15) is 66.5 Å². The SMILES string of the molecule is CC(=O)OC[C@H]1O[C@H](OC[C@H]2O[C@@H](O)[C@@H](OCc3ccccc3)[C@@H](OCc3ccccc3)[C@@H]2O[C@H]2O[C@H](COC(C)=O)[C@@H](OC(C)=O)[C@H](OC(C)=O)[C@@H]2OC(C)=O)[C@@H](OC(C)=O)[C@@H](OC(C)=O)[C@@H]1OC(C)=O. The van der Waals surface area contributed by atoms with Crippen molar-refractivity contribution in [2.24, 2.45) is 0 Å². The van der Waals surface area contributed by atoms with Crippen molar-refractivity contribution in [3.8, 4) is 0 Å². The molecule has 396 valence electrons. The lowest BCUT2D eigenvalue weighted by Gasteiger charge is -2.49. The van der Waals surface area contributed by atoms with Crippen LogP contribution in [0.3, 0.4) is 0 Å². The molecule has 24 nitrogen and oxygen atoms in total. The molecule has 72 heavy (non-hydrogen) atoms. The quantitative estimate of drug-likeness (QED) is 0.137. The Hall–Kier alpha value is -6.12. The molecule has 3 fully saturated rings. The van der Waals surface area contributed by atoms with E-state index in [-0.39, 0.29) is 13.2 Å². The van der Waals surface area contributed by atoms with Gasteiger partial charge >= 0.3 is 47.8 Å². The van der Waals surface area contributed by atoms with Crippen molar-refractivity contribution in [2.45, 2.75) is 161 Å². The van der Waals surface area contributed by atoms with Gasteiger partial charge in [-0.25, -0.2) is 0 Å². The minimum absolute atomic E-state index is 0.102. The molecule has 3 saturated heterocycles. The molecule has 0 bridgehead atoms. The van der Waals surface area contributed by atoms with Gasteiger partial charge < -0.3 is 76.2 Å². The van der Waals surface area contributed by atoms with Gasteiger partial charge in [0.1, 0.15) is 49.8 Å². The van der Waals surface area contributed by atoms with E-state index in [9.17, 15) is 43.5 Å². The Labute approximate surface area is 413 Å². The molecule has 3 heterocycles. The van der Waals surface area contributed by atoms with Crippen LogP contribution in [0.5, 0.6) is 0 Å². The van der Waals surface area contributed by atoms with Crippen LogP contribution in [0, 0.1) is 0 Å². The molecular formula is C48H60O24. The number of aliphatic hydroxyl groups excluding tert-OH is 1. The average Bonchev–Trinajstić information content (AvgIpc) is 3.30. The van der Waals surface area contributed by atoms with Gasteiger partial charge in [0.2, 0.25) is 0 Å². The highest BCUT2D eigenvalue weighted by atomic mass is 16.8. The van der Waals surface area contributed by atoms with Gasteiger partial charge in [0.25, 0.3) is 0 Å². The highest BCUT2D eigenvalue weighted by Gasteiger charge is 2.58. The van der Waals surface area contributed by atoms with E-state index in [0.717, 1.165) is 55.4 Å². The number of benzene rings is 2. The van der Waals surface area contributed by atoms with Crippen molar-refractivity contribution in [2.75, 3.05) is 19.8 Å². The third-order valence-corrected chi connectivity index (χ3v) is 10.8. The Morgan fingerprint density at radius 2 is 0.750 bits per heavy atom. The summed E-state index contributed by atoms with van der Waals surface area (Å²) in [5, 5.41) is 11.9. The lowest BCUT2D eigenvalue weighted by atomic mass is 9.95. The standard InChI is InChI=1S/C48H60O24/c1-24(49)58-21-35-38(63-26(3)51)41(65-28(5)53)44(67-30(7)55)47(70-35)62-23-34-37(40(60-19-32-15-11-9-12-16-32)43(46(57)69-34)61-20-33-17-13-10-14-18-33)72-48-45(68-31(8)56)42(66-29(6)54)39(64-27(4)52)36(71-48)22-59-25(2)50/h9-18,34-48,57H,19-23H2,1-8H3/t34-,35-,36-,37-,38-,39-,40+,41+,42+,43+,44+,45+,46-,47+,48-/m1/s1. The predicted octanol–water partition coefficient (Wildman–Crippen LogP) is 1.44. The molecule has 0 aliphatic carbocycles. The molecule has 0 aromatic heterocycles. The van der Waals surface area contributed by atoms with E-state index < -0.39 is 160 Å². The molecule has 1 N–H and O–H groups in total. The van der Waals surface area contributed by atoms with Crippen LogP contribution in [0.4, 0.5) is 0 Å². The molecule has 3 aliphatic rings. The van der Waals surface area contributed by atoms with Crippen LogP contribution in [0.25, 0.3) is 0 Å². The first-order valence-electron chi connectivity index (χ1n) is 22.7. The van der Waals surface area contributed by atoms with Crippen LogP contribution in [-0.4, -0.2) is 165 Å². The number of rotatable bonds is 21. The minimum Gasteiger partial charge on any atom is -0.463 e. The number of carbonyl (C=O) groups is 8. The van der Waals surface area contributed by atoms with E-state index in [1.54, 1.807) is 60.7 Å². The first-order chi connectivity index (χ1) is 34.2. The third-order valence-electron chi connectivity index (χ3n) is 10.8. The zero-order valence-corrected chi connectivity index (χ0v) is 40.8. The smallest absolute Gasteiger partial charge is 0.303 e. The van der Waals surface area contributed by atoms with E-state index in [0.29, 0.717) is 11.1 Å². The molecular weight excluding hydrogens is 961 g/mol. The van der Waals surface area contributed by atoms with Gasteiger partial charge in [-0.1, -0.05) is 60.7 Å². The van der Waals surface area contributed by atoms with Gasteiger partial charge in [0.05, 0.1) is 19.8 Å². The first kappa shape index (κ1) is 56.8. The van der Waals surface area contributed by atoms with E-state index >= 15 is 0 Å². The lowest BCUT2D eigenvalue weighted by molar-refractivity contribution is -0.371. The second-order valence-electron chi connectivity index (χ2n) is 16.7. The second kappa shape index (κ2) is 27.1. The zero-order valence-electron chi connectivity index (χ0n) is 40.8. The van der Waals surface area contributed by atoms with Crippen molar-refractivity contribution in [1.29, 1.82) is 0 Å². The Bertz CT molecular complexity index is 2150. The molecule has 0 saturated carbocycles. The van der Waals surface area contributed by atoms with Gasteiger partial charge in [-0.05, 0) is 11.1 Å². The summed E-state index contributed by atoms with van der Waals surface area (Å²) in [7, 11) is 0. The molecule has 5 rings (SSSR count). The summed E-state index contributed by atoms with van der Waals surface area (Å²) in [6.07, 6.45) is -24.1.